The molecule has 10 heteroatoms. The first-order valence-corrected chi connectivity index (χ1v) is 5.47. The highest BCUT2D eigenvalue weighted by atomic mass is 32.1. The summed E-state index contributed by atoms with van der Waals surface area (Å²) < 4.78 is 42.2. The number of hydrogen-bond donors (Lipinski definition) is 2. The quantitative estimate of drug-likeness (QED) is 0.811. The van der Waals surface area contributed by atoms with Crippen molar-refractivity contribution in [3.63, 3.8) is 0 Å². The van der Waals surface area contributed by atoms with Gasteiger partial charge in [0.25, 0.3) is 0 Å². The van der Waals surface area contributed by atoms with E-state index in [4.69, 9.17) is 0 Å². The van der Waals surface area contributed by atoms with Crippen LogP contribution in [0.4, 0.5) is 18.3 Å². The van der Waals surface area contributed by atoms with Gasteiger partial charge in [-0.2, -0.15) is 13.2 Å². The van der Waals surface area contributed by atoms with Crippen LogP contribution in [0.1, 0.15) is 6.42 Å². The number of anilines is 1. The summed E-state index contributed by atoms with van der Waals surface area (Å²) in [5, 5.41) is 11.2. The standard InChI is InChI=1S/C7H8F3N5OS/c8-7(9,10)6(1-2-11-3-6)4(16)12-5-13-14-15-17-5/h11H,1-3H2,(H,12,13,15,16). The van der Waals surface area contributed by atoms with Crippen molar-refractivity contribution in [2.24, 2.45) is 5.41 Å². The highest BCUT2D eigenvalue weighted by Crippen LogP contribution is 2.43. The number of halogens is 3. The third-order valence-electron chi connectivity index (χ3n) is 2.65. The zero-order chi connectivity index (χ0) is 12.5. The Morgan fingerprint density at radius 3 is 2.76 bits per heavy atom. The summed E-state index contributed by atoms with van der Waals surface area (Å²) >= 11 is 0.727. The summed E-state index contributed by atoms with van der Waals surface area (Å²) in [7, 11) is 0. The van der Waals surface area contributed by atoms with E-state index in [-0.39, 0.29) is 18.1 Å². The zero-order valence-electron chi connectivity index (χ0n) is 8.41. The molecule has 1 aliphatic rings. The van der Waals surface area contributed by atoms with E-state index in [9.17, 15) is 18.0 Å². The molecule has 0 radical (unpaired) electrons. The third kappa shape index (κ3) is 2.09. The van der Waals surface area contributed by atoms with Gasteiger partial charge in [0.05, 0.1) is 0 Å². The van der Waals surface area contributed by atoms with E-state index >= 15 is 0 Å². The Labute approximate surface area is 97.8 Å². The Hall–Kier alpha value is -1.29. The van der Waals surface area contributed by atoms with Crippen molar-refractivity contribution in [3.8, 4) is 0 Å². The number of nitrogens with one attached hydrogen (secondary N) is 2. The lowest BCUT2D eigenvalue weighted by Crippen LogP contribution is -2.49. The van der Waals surface area contributed by atoms with Gasteiger partial charge in [0.1, 0.15) is 0 Å². The maximum absolute atomic E-state index is 12.9. The second-order valence-corrected chi connectivity index (χ2v) is 4.36. The predicted octanol–water partition coefficient (Wildman–Crippen LogP) is 0.414. The van der Waals surface area contributed by atoms with E-state index in [1.165, 1.54) is 0 Å². The lowest BCUT2D eigenvalue weighted by atomic mass is 9.85. The van der Waals surface area contributed by atoms with Crippen molar-refractivity contribution in [2.45, 2.75) is 12.6 Å². The molecule has 0 saturated carbocycles. The first-order chi connectivity index (χ1) is 7.96. The average molecular weight is 267 g/mol. The molecular formula is C7H8F3N5OS. The van der Waals surface area contributed by atoms with Crippen LogP contribution in [-0.2, 0) is 4.79 Å². The molecule has 0 bridgehead atoms. The van der Waals surface area contributed by atoms with Crippen molar-refractivity contribution in [2.75, 3.05) is 18.4 Å². The van der Waals surface area contributed by atoms with Gasteiger partial charge in [0.2, 0.25) is 11.0 Å². The fraction of sp³-hybridized carbons (Fsp3) is 0.714. The number of amides is 1. The summed E-state index contributed by atoms with van der Waals surface area (Å²) in [4.78, 5) is 11.7. The molecule has 1 aromatic rings. The number of nitrogens with zero attached hydrogens (tertiary/aromatic N) is 3. The van der Waals surface area contributed by atoms with Gasteiger partial charge in [0, 0.05) is 18.1 Å². The Bertz CT molecular complexity index is 400. The number of alkyl halides is 3. The van der Waals surface area contributed by atoms with E-state index in [1.807, 2.05) is 0 Å². The largest absolute Gasteiger partial charge is 0.404 e. The van der Waals surface area contributed by atoms with E-state index < -0.39 is 24.0 Å². The summed E-state index contributed by atoms with van der Waals surface area (Å²) in [5.41, 5.74) is -2.39. The number of rotatable bonds is 2. The molecule has 6 nitrogen and oxygen atoms in total. The van der Waals surface area contributed by atoms with Gasteiger partial charge in [-0.3, -0.25) is 10.1 Å². The van der Waals surface area contributed by atoms with Crippen molar-refractivity contribution >= 4 is 22.6 Å². The molecule has 2 heterocycles. The van der Waals surface area contributed by atoms with Crippen molar-refractivity contribution in [1.29, 1.82) is 0 Å². The van der Waals surface area contributed by atoms with Crippen LogP contribution in [-0.4, -0.2) is 40.0 Å². The highest BCUT2D eigenvalue weighted by molar-refractivity contribution is 7.09. The molecule has 2 rings (SSSR count). The van der Waals surface area contributed by atoms with E-state index in [0.29, 0.717) is 0 Å². The van der Waals surface area contributed by atoms with Crippen molar-refractivity contribution in [3.05, 3.63) is 0 Å². The van der Waals surface area contributed by atoms with Crippen LogP contribution in [0.25, 0.3) is 0 Å². The molecule has 17 heavy (non-hydrogen) atoms. The molecule has 1 saturated heterocycles. The predicted molar refractivity (Wildman–Crippen MR) is 52.3 cm³/mol. The second-order valence-electron chi connectivity index (χ2n) is 3.63. The molecule has 2 N–H and O–H groups in total. The minimum Gasteiger partial charge on any atom is -0.315 e. The minimum absolute atomic E-state index is 0.0366. The fourth-order valence-electron chi connectivity index (χ4n) is 1.66. The summed E-state index contributed by atoms with van der Waals surface area (Å²) in [6.45, 7) is -0.268. The molecule has 0 aliphatic carbocycles. The first-order valence-electron chi connectivity index (χ1n) is 4.70. The van der Waals surface area contributed by atoms with Crippen LogP contribution in [0.15, 0.2) is 0 Å². The molecule has 1 aliphatic heterocycles. The number of carbonyl (C=O) groups excluding carboxylic acids is 1. The number of hydrogen-bond acceptors (Lipinski definition) is 6. The number of carbonyl (C=O) groups is 1. The monoisotopic (exact) mass is 267 g/mol. The van der Waals surface area contributed by atoms with Gasteiger partial charge in [0.15, 0.2) is 5.41 Å². The molecule has 1 unspecified atom stereocenters. The molecule has 1 aromatic heterocycles. The maximum Gasteiger partial charge on any atom is 0.404 e. The molecule has 0 spiro atoms. The van der Waals surface area contributed by atoms with Crippen LogP contribution in [0.3, 0.4) is 0 Å². The van der Waals surface area contributed by atoms with Crippen molar-refractivity contribution in [1.82, 2.24) is 20.1 Å². The Morgan fingerprint density at radius 1 is 1.53 bits per heavy atom. The van der Waals surface area contributed by atoms with Gasteiger partial charge in [-0.25, -0.2) is 0 Å². The van der Waals surface area contributed by atoms with E-state index in [0.717, 1.165) is 11.5 Å². The van der Waals surface area contributed by atoms with Gasteiger partial charge in [-0.05, 0) is 18.2 Å². The topological polar surface area (TPSA) is 79.8 Å². The zero-order valence-corrected chi connectivity index (χ0v) is 9.23. The molecule has 1 atom stereocenters. The minimum atomic E-state index is -4.60. The normalized spacial score (nSPS) is 24.9. The van der Waals surface area contributed by atoms with Crippen LogP contribution in [0, 0.1) is 5.41 Å². The Kier molecular flexibility index (Phi) is 3.00. The molecule has 0 aromatic carbocycles. The molecule has 1 fully saturated rings. The maximum atomic E-state index is 12.9. The lowest BCUT2D eigenvalue weighted by molar-refractivity contribution is -0.213. The SMILES string of the molecule is O=C(Nc1nnns1)C1(C(F)(F)F)CCNC1. The second kappa shape index (κ2) is 4.18. The average Bonchev–Trinajstić information content (AvgIpc) is 2.85. The van der Waals surface area contributed by atoms with E-state index in [1.54, 1.807) is 0 Å². The summed E-state index contributed by atoms with van der Waals surface area (Å²) in [6.07, 6.45) is -4.88. The van der Waals surface area contributed by atoms with Gasteiger partial charge in [-0.1, -0.05) is 9.59 Å². The van der Waals surface area contributed by atoms with E-state index in [2.05, 4.69) is 25.4 Å². The van der Waals surface area contributed by atoms with Gasteiger partial charge >= 0.3 is 6.18 Å². The summed E-state index contributed by atoms with van der Waals surface area (Å²) in [6, 6.07) is 0. The van der Waals surface area contributed by atoms with Gasteiger partial charge in [-0.15, -0.1) is 0 Å². The van der Waals surface area contributed by atoms with Crippen LogP contribution in [0.2, 0.25) is 0 Å². The number of aromatic nitrogens is 3. The lowest BCUT2D eigenvalue weighted by Gasteiger charge is -2.28. The van der Waals surface area contributed by atoms with Crippen LogP contribution in [0.5, 0.6) is 0 Å². The van der Waals surface area contributed by atoms with Crippen LogP contribution < -0.4 is 10.6 Å². The molecule has 1 amide bonds. The highest BCUT2D eigenvalue weighted by Gasteiger charge is 2.61. The Morgan fingerprint density at radius 2 is 2.29 bits per heavy atom. The van der Waals surface area contributed by atoms with Crippen molar-refractivity contribution < 1.29 is 18.0 Å². The summed E-state index contributed by atoms with van der Waals surface area (Å²) in [5.74, 6) is -1.12. The van der Waals surface area contributed by atoms with Gasteiger partial charge < -0.3 is 5.32 Å². The fourth-order valence-corrected chi connectivity index (χ4v) is 2.02. The first kappa shape index (κ1) is 12.2. The molecular weight excluding hydrogens is 259 g/mol. The Balaban J connectivity index is 2.20. The third-order valence-corrected chi connectivity index (χ3v) is 3.16. The van der Waals surface area contributed by atoms with Crippen LogP contribution >= 0.6 is 11.5 Å². The smallest absolute Gasteiger partial charge is 0.315 e. The molecule has 94 valence electrons.